The second-order valence-electron chi connectivity index (χ2n) is 8.37. The molecule has 0 radical (unpaired) electrons. The van der Waals surface area contributed by atoms with Crippen LogP contribution in [0, 0.1) is 6.92 Å². The van der Waals surface area contributed by atoms with Crippen LogP contribution in [0.4, 0.5) is 5.00 Å². The van der Waals surface area contributed by atoms with Crippen molar-refractivity contribution < 1.29 is 38.9 Å². The van der Waals surface area contributed by atoms with E-state index in [2.05, 4.69) is 10.2 Å². The van der Waals surface area contributed by atoms with Gasteiger partial charge in [-0.15, -0.1) is 11.3 Å². The fourth-order valence-electron chi connectivity index (χ4n) is 3.72. The Morgan fingerprint density at radius 3 is 2.19 bits per heavy atom. The number of thiophene rings is 1. The van der Waals surface area contributed by atoms with E-state index in [0.29, 0.717) is 23.5 Å². The predicted octanol–water partition coefficient (Wildman–Crippen LogP) is 3.49. The van der Waals surface area contributed by atoms with E-state index >= 15 is 0 Å². The summed E-state index contributed by atoms with van der Waals surface area (Å²) in [5, 5.41) is 20.2. The maximum absolute atomic E-state index is 12.7. The van der Waals surface area contributed by atoms with Gasteiger partial charge in [-0.1, -0.05) is 29.8 Å². The molecular weight excluding hydrogens is 488 g/mol. The number of morpholine rings is 1. The summed E-state index contributed by atoms with van der Waals surface area (Å²) in [4.78, 5) is 45.7. The van der Waals surface area contributed by atoms with E-state index in [9.17, 15) is 9.59 Å². The summed E-state index contributed by atoms with van der Waals surface area (Å²) in [6, 6.07) is 7.97. The molecule has 1 saturated heterocycles. The van der Waals surface area contributed by atoms with Crippen LogP contribution in [0.3, 0.4) is 0 Å². The Kier molecular flexibility index (Phi) is 11.0. The van der Waals surface area contributed by atoms with Crippen LogP contribution in [0.1, 0.15) is 43.1 Å². The highest BCUT2D eigenvalue weighted by Crippen LogP contribution is 2.36. The van der Waals surface area contributed by atoms with Crippen molar-refractivity contribution in [3.63, 3.8) is 0 Å². The number of carboxylic acid groups (broad SMARTS) is 2. The van der Waals surface area contributed by atoms with Crippen molar-refractivity contribution in [3.8, 4) is 11.1 Å². The quantitative estimate of drug-likeness (QED) is 0.369. The smallest absolute Gasteiger partial charge is 0.414 e. The van der Waals surface area contributed by atoms with Gasteiger partial charge in [0.25, 0.3) is 0 Å². The summed E-state index contributed by atoms with van der Waals surface area (Å²) in [6.07, 6.45) is 0.697. The van der Waals surface area contributed by atoms with Gasteiger partial charge in [-0.05, 0) is 33.3 Å². The minimum absolute atomic E-state index is 0.107. The van der Waals surface area contributed by atoms with E-state index < -0.39 is 17.9 Å². The van der Waals surface area contributed by atoms with Crippen LogP contribution in [-0.2, 0) is 23.9 Å². The monoisotopic (exact) mass is 520 g/mol. The number of rotatable bonds is 7. The lowest BCUT2D eigenvalue weighted by molar-refractivity contribution is -0.159. The summed E-state index contributed by atoms with van der Waals surface area (Å²) in [7, 11) is 0. The number of carbonyl (C=O) groups is 4. The van der Waals surface area contributed by atoms with Crippen molar-refractivity contribution in [1.82, 2.24) is 4.90 Å². The summed E-state index contributed by atoms with van der Waals surface area (Å²) in [5.74, 6) is -4.17. The van der Waals surface area contributed by atoms with Gasteiger partial charge in [0.2, 0.25) is 5.91 Å². The number of hydrogen-bond acceptors (Lipinski definition) is 8. The minimum atomic E-state index is -1.82. The fourth-order valence-corrected chi connectivity index (χ4v) is 4.69. The van der Waals surface area contributed by atoms with Gasteiger partial charge in [0, 0.05) is 37.0 Å². The van der Waals surface area contributed by atoms with Gasteiger partial charge in [0.15, 0.2) is 0 Å². The molecule has 1 fully saturated rings. The minimum Gasteiger partial charge on any atom is -0.473 e. The number of esters is 1. The van der Waals surface area contributed by atoms with Crippen LogP contribution >= 0.6 is 11.3 Å². The highest BCUT2D eigenvalue weighted by atomic mass is 32.1. The number of amides is 1. The number of carbonyl (C=O) groups excluding carboxylic acids is 2. The zero-order chi connectivity index (χ0) is 26.8. The molecule has 2 unspecified atom stereocenters. The van der Waals surface area contributed by atoms with E-state index in [4.69, 9.17) is 29.3 Å². The lowest BCUT2D eigenvalue weighted by Crippen LogP contribution is -2.46. The SMILES string of the molecule is CCOC(=O)c1c(-c2ccc(C)cc2)csc1NC(=O)CCN1CC(C)OC(C)C1.O=C(O)C(=O)O. The van der Waals surface area contributed by atoms with Gasteiger partial charge in [0.1, 0.15) is 10.6 Å². The number of anilines is 1. The lowest BCUT2D eigenvalue weighted by Gasteiger charge is -2.35. The molecule has 1 aromatic carbocycles. The molecule has 1 aliphatic heterocycles. The van der Waals surface area contributed by atoms with Gasteiger partial charge < -0.3 is 25.0 Å². The molecule has 3 N–H and O–H groups in total. The number of carboxylic acids is 2. The molecule has 10 nitrogen and oxygen atoms in total. The molecule has 1 amide bonds. The van der Waals surface area contributed by atoms with Crippen molar-refractivity contribution in [3.05, 3.63) is 40.8 Å². The normalized spacial score (nSPS) is 17.4. The molecule has 1 aromatic heterocycles. The zero-order valence-corrected chi connectivity index (χ0v) is 21.6. The van der Waals surface area contributed by atoms with Crippen LogP contribution in [0.25, 0.3) is 11.1 Å². The van der Waals surface area contributed by atoms with Gasteiger partial charge in [-0.2, -0.15) is 0 Å². The first-order valence-electron chi connectivity index (χ1n) is 11.5. The highest BCUT2D eigenvalue weighted by molar-refractivity contribution is 7.15. The third-order valence-electron chi connectivity index (χ3n) is 5.22. The van der Waals surface area contributed by atoms with Crippen LogP contribution in [0.2, 0.25) is 0 Å². The van der Waals surface area contributed by atoms with Gasteiger partial charge in [-0.3, -0.25) is 9.69 Å². The topological polar surface area (TPSA) is 142 Å². The second-order valence-corrected chi connectivity index (χ2v) is 9.25. The average molecular weight is 521 g/mol. The fraction of sp³-hybridized carbons (Fsp3) is 0.440. The summed E-state index contributed by atoms with van der Waals surface area (Å²) < 4.78 is 11.0. The number of aryl methyl sites for hydroxylation is 1. The largest absolute Gasteiger partial charge is 0.473 e. The van der Waals surface area contributed by atoms with Crippen LogP contribution in [-0.4, -0.2) is 77.4 Å². The van der Waals surface area contributed by atoms with Crippen molar-refractivity contribution in [2.24, 2.45) is 0 Å². The molecule has 0 aliphatic carbocycles. The van der Waals surface area contributed by atoms with Crippen LogP contribution in [0.5, 0.6) is 0 Å². The third kappa shape index (κ3) is 8.74. The van der Waals surface area contributed by atoms with E-state index in [0.717, 1.165) is 29.8 Å². The Labute approximate surface area is 213 Å². The Hall–Kier alpha value is -3.28. The number of aliphatic carboxylic acids is 2. The van der Waals surface area contributed by atoms with Crippen molar-refractivity contribution >= 4 is 40.2 Å². The molecule has 3 rings (SSSR count). The summed E-state index contributed by atoms with van der Waals surface area (Å²) >= 11 is 1.35. The first kappa shape index (κ1) is 29.0. The molecular formula is C25H32N2O8S. The molecule has 196 valence electrons. The van der Waals surface area contributed by atoms with Crippen molar-refractivity contribution in [2.75, 3.05) is 31.6 Å². The molecule has 2 heterocycles. The molecule has 1 aliphatic rings. The van der Waals surface area contributed by atoms with Gasteiger partial charge >= 0.3 is 17.9 Å². The molecule has 11 heteroatoms. The maximum Gasteiger partial charge on any atom is 0.414 e. The van der Waals surface area contributed by atoms with Gasteiger partial charge in [0.05, 0.1) is 18.8 Å². The zero-order valence-electron chi connectivity index (χ0n) is 20.8. The van der Waals surface area contributed by atoms with Crippen LogP contribution in [0.15, 0.2) is 29.6 Å². The maximum atomic E-state index is 12.7. The van der Waals surface area contributed by atoms with Crippen molar-refractivity contribution in [2.45, 2.75) is 46.3 Å². The van der Waals surface area contributed by atoms with Crippen LogP contribution < -0.4 is 5.32 Å². The molecule has 36 heavy (non-hydrogen) atoms. The number of benzene rings is 1. The van der Waals surface area contributed by atoms with E-state index in [-0.39, 0.29) is 24.7 Å². The molecule has 0 spiro atoms. The first-order chi connectivity index (χ1) is 17.0. The highest BCUT2D eigenvalue weighted by Gasteiger charge is 2.25. The Morgan fingerprint density at radius 1 is 1.08 bits per heavy atom. The average Bonchev–Trinajstić information content (AvgIpc) is 3.21. The first-order valence-corrected chi connectivity index (χ1v) is 12.4. The van der Waals surface area contributed by atoms with E-state index in [1.54, 1.807) is 6.92 Å². The standard InChI is InChI=1S/C23H30N2O4S.C2H2O4/c1-5-28-23(27)21-19(18-8-6-15(2)7-9-18)14-30-22(21)24-20(26)10-11-25-12-16(3)29-17(4)13-25;3-1(4)2(5)6/h6-9,14,16-17H,5,10-13H2,1-4H3,(H,24,26);(H,3,4)(H,5,6). The number of nitrogens with zero attached hydrogens (tertiary/aromatic N) is 1. The molecule has 2 atom stereocenters. The number of nitrogens with one attached hydrogen (secondary N) is 1. The van der Waals surface area contributed by atoms with E-state index in [1.165, 1.54) is 11.3 Å². The van der Waals surface area contributed by atoms with Gasteiger partial charge in [-0.25, -0.2) is 14.4 Å². The summed E-state index contributed by atoms with van der Waals surface area (Å²) in [6.45, 7) is 10.5. The van der Waals surface area contributed by atoms with Crippen molar-refractivity contribution in [1.29, 1.82) is 0 Å². The molecule has 0 saturated carbocycles. The predicted molar refractivity (Wildman–Crippen MR) is 135 cm³/mol. The molecule has 0 bridgehead atoms. The number of ether oxygens (including phenoxy) is 2. The summed E-state index contributed by atoms with van der Waals surface area (Å²) in [5.41, 5.74) is 3.28. The lowest BCUT2D eigenvalue weighted by atomic mass is 10.0. The Morgan fingerprint density at radius 2 is 1.67 bits per heavy atom. The molecule has 2 aromatic rings. The second kappa shape index (κ2) is 13.7. The number of hydrogen-bond donors (Lipinski definition) is 3. The third-order valence-corrected chi connectivity index (χ3v) is 6.11. The Balaban J connectivity index is 0.000000678. The Bertz CT molecular complexity index is 1040. The van der Waals surface area contributed by atoms with E-state index in [1.807, 2.05) is 50.4 Å².